The van der Waals surface area contributed by atoms with E-state index in [1.165, 1.54) is 12.8 Å². The number of rotatable bonds is 8. The highest BCUT2D eigenvalue weighted by molar-refractivity contribution is 6.05. The molecular weight excluding hydrogens is 368 g/mol. The van der Waals surface area contributed by atoms with Crippen LogP contribution in [0.4, 0.5) is 0 Å². The van der Waals surface area contributed by atoms with Crippen molar-refractivity contribution in [2.75, 3.05) is 19.7 Å². The Morgan fingerprint density at radius 3 is 2.76 bits per heavy atom. The van der Waals surface area contributed by atoms with Crippen LogP contribution in [0.1, 0.15) is 36.5 Å². The summed E-state index contributed by atoms with van der Waals surface area (Å²) in [4.78, 5) is 31.8. The summed E-state index contributed by atoms with van der Waals surface area (Å²) in [7, 11) is 0. The highest BCUT2D eigenvalue weighted by Crippen LogP contribution is 2.30. The van der Waals surface area contributed by atoms with Crippen molar-refractivity contribution in [1.82, 2.24) is 9.88 Å². The maximum Gasteiger partial charge on any atom is 0.339 e. The number of hydrogen-bond donors (Lipinski definition) is 0. The second-order valence-corrected chi connectivity index (χ2v) is 7.41. The number of para-hydroxylation sites is 1. The lowest BCUT2D eigenvalue weighted by Crippen LogP contribution is -2.36. The number of carbonyl (C=O) groups is 2. The standard InChI is InChI=1S/C23H24N2O4/c1-2-11-25(14-16-9-10-16)22(26)15-29-23(27)18-13-20(21-8-5-12-28-21)24-19-7-4-3-6-17(18)19/h3-8,12-13,16H,2,9-11,14-15H2,1H3. The zero-order valence-electron chi connectivity index (χ0n) is 16.5. The van der Waals surface area contributed by atoms with Gasteiger partial charge in [-0.15, -0.1) is 0 Å². The third kappa shape index (κ3) is 4.47. The molecule has 4 rings (SSSR count). The summed E-state index contributed by atoms with van der Waals surface area (Å²) in [5.74, 6) is 0.491. The Bertz CT molecular complexity index is 1010. The zero-order valence-corrected chi connectivity index (χ0v) is 16.5. The first-order valence-electron chi connectivity index (χ1n) is 10.0. The molecule has 0 unspecified atom stereocenters. The van der Waals surface area contributed by atoms with Gasteiger partial charge in [-0.3, -0.25) is 4.79 Å². The van der Waals surface area contributed by atoms with Gasteiger partial charge >= 0.3 is 5.97 Å². The Morgan fingerprint density at radius 2 is 2.03 bits per heavy atom. The van der Waals surface area contributed by atoms with Crippen molar-refractivity contribution in [3.63, 3.8) is 0 Å². The van der Waals surface area contributed by atoms with E-state index in [4.69, 9.17) is 9.15 Å². The van der Waals surface area contributed by atoms with E-state index < -0.39 is 5.97 Å². The molecule has 0 radical (unpaired) electrons. The lowest BCUT2D eigenvalue weighted by Gasteiger charge is -2.21. The largest absolute Gasteiger partial charge is 0.463 e. The molecule has 1 aliphatic rings. The van der Waals surface area contributed by atoms with Crippen molar-refractivity contribution < 1.29 is 18.7 Å². The molecule has 1 aliphatic carbocycles. The second-order valence-electron chi connectivity index (χ2n) is 7.41. The first-order chi connectivity index (χ1) is 14.2. The fourth-order valence-electron chi connectivity index (χ4n) is 3.39. The molecule has 6 nitrogen and oxygen atoms in total. The third-order valence-electron chi connectivity index (χ3n) is 5.06. The Balaban J connectivity index is 1.53. The Labute approximate surface area is 169 Å². The first kappa shape index (κ1) is 19.2. The molecule has 29 heavy (non-hydrogen) atoms. The number of furan rings is 1. The quantitative estimate of drug-likeness (QED) is 0.535. The van der Waals surface area contributed by atoms with Crippen LogP contribution in [0.25, 0.3) is 22.4 Å². The lowest BCUT2D eigenvalue weighted by atomic mass is 10.1. The number of hydrogen-bond acceptors (Lipinski definition) is 5. The van der Waals surface area contributed by atoms with Gasteiger partial charge in [-0.1, -0.05) is 25.1 Å². The van der Waals surface area contributed by atoms with Gasteiger partial charge in [-0.25, -0.2) is 9.78 Å². The van der Waals surface area contributed by atoms with Crippen molar-refractivity contribution >= 4 is 22.8 Å². The highest BCUT2D eigenvalue weighted by atomic mass is 16.5. The van der Waals surface area contributed by atoms with Crippen LogP contribution in [0.5, 0.6) is 0 Å². The number of ether oxygens (including phenoxy) is 1. The Kier molecular flexibility index (Phi) is 5.60. The van der Waals surface area contributed by atoms with Crippen LogP contribution in [-0.2, 0) is 9.53 Å². The number of fused-ring (bicyclic) bond motifs is 1. The minimum Gasteiger partial charge on any atom is -0.463 e. The third-order valence-corrected chi connectivity index (χ3v) is 5.06. The summed E-state index contributed by atoms with van der Waals surface area (Å²) in [5.41, 5.74) is 1.59. The minimum absolute atomic E-state index is 0.142. The molecule has 1 amide bonds. The van der Waals surface area contributed by atoms with E-state index in [2.05, 4.69) is 4.98 Å². The summed E-state index contributed by atoms with van der Waals surface area (Å²) in [6.45, 7) is 3.23. The van der Waals surface area contributed by atoms with Crippen molar-refractivity contribution in [2.24, 2.45) is 5.92 Å². The van der Waals surface area contributed by atoms with Gasteiger partial charge in [0.05, 0.1) is 17.3 Å². The van der Waals surface area contributed by atoms with Crippen LogP contribution in [0.15, 0.2) is 53.1 Å². The van der Waals surface area contributed by atoms with Crippen LogP contribution in [0.3, 0.4) is 0 Å². The molecule has 0 saturated heterocycles. The molecule has 3 aromatic rings. The molecule has 1 fully saturated rings. The summed E-state index contributed by atoms with van der Waals surface area (Å²) in [6.07, 6.45) is 4.79. The van der Waals surface area contributed by atoms with E-state index in [9.17, 15) is 9.59 Å². The molecular formula is C23H24N2O4. The van der Waals surface area contributed by atoms with E-state index in [0.717, 1.165) is 13.0 Å². The van der Waals surface area contributed by atoms with Gasteiger partial charge in [0.15, 0.2) is 12.4 Å². The molecule has 150 valence electrons. The molecule has 0 aliphatic heterocycles. The average Bonchev–Trinajstić information content (AvgIpc) is 3.39. The molecule has 0 spiro atoms. The van der Waals surface area contributed by atoms with Crippen LogP contribution < -0.4 is 0 Å². The van der Waals surface area contributed by atoms with E-state index in [1.807, 2.05) is 36.1 Å². The van der Waals surface area contributed by atoms with Crippen LogP contribution in [0.2, 0.25) is 0 Å². The number of aromatic nitrogens is 1. The van der Waals surface area contributed by atoms with Crippen LogP contribution >= 0.6 is 0 Å². The average molecular weight is 392 g/mol. The summed E-state index contributed by atoms with van der Waals surface area (Å²) in [5, 5.41) is 0.684. The highest BCUT2D eigenvalue weighted by Gasteiger charge is 2.27. The van der Waals surface area contributed by atoms with E-state index in [0.29, 0.717) is 40.4 Å². The number of esters is 1. The molecule has 0 atom stereocenters. The Morgan fingerprint density at radius 1 is 1.21 bits per heavy atom. The molecule has 1 aromatic carbocycles. The normalized spacial score (nSPS) is 13.4. The number of benzene rings is 1. The minimum atomic E-state index is -0.535. The fraction of sp³-hybridized carbons (Fsp3) is 0.348. The lowest BCUT2D eigenvalue weighted by molar-refractivity contribution is -0.134. The number of carbonyl (C=O) groups excluding carboxylic acids is 2. The molecule has 6 heteroatoms. The van der Waals surface area contributed by atoms with Gasteiger partial charge < -0.3 is 14.1 Å². The predicted molar refractivity (Wildman–Crippen MR) is 109 cm³/mol. The monoisotopic (exact) mass is 392 g/mol. The van der Waals surface area contributed by atoms with Crippen molar-refractivity contribution in [3.05, 3.63) is 54.3 Å². The molecule has 2 aromatic heterocycles. The van der Waals surface area contributed by atoms with Gasteiger partial charge in [0.1, 0.15) is 5.69 Å². The topological polar surface area (TPSA) is 72.6 Å². The SMILES string of the molecule is CCCN(CC1CC1)C(=O)COC(=O)c1cc(-c2ccco2)nc2ccccc12. The van der Waals surface area contributed by atoms with Crippen molar-refractivity contribution in [1.29, 1.82) is 0 Å². The number of amides is 1. The van der Waals surface area contributed by atoms with Crippen molar-refractivity contribution in [3.8, 4) is 11.5 Å². The van der Waals surface area contributed by atoms with E-state index >= 15 is 0 Å². The molecule has 0 bridgehead atoms. The second kappa shape index (κ2) is 8.47. The predicted octanol–water partition coefficient (Wildman–Crippen LogP) is 4.30. The summed E-state index contributed by atoms with van der Waals surface area (Å²) >= 11 is 0. The van der Waals surface area contributed by atoms with Gasteiger partial charge in [-0.05, 0) is 49.4 Å². The summed E-state index contributed by atoms with van der Waals surface area (Å²) in [6, 6.07) is 12.6. The maximum absolute atomic E-state index is 12.8. The number of nitrogens with zero attached hydrogens (tertiary/aromatic N) is 2. The van der Waals surface area contributed by atoms with Gasteiger partial charge in [0.2, 0.25) is 0 Å². The Hall–Kier alpha value is -3.15. The van der Waals surface area contributed by atoms with Gasteiger partial charge in [0, 0.05) is 18.5 Å². The van der Waals surface area contributed by atoms with E-state index in [-0.39, 0.29) is 12.5 Å². The van der Waals surface area contributed by atoms with E-state index in [1.54, 1.807) is 24.5 Å². The molecule has 2 heterocycles. The zero-order chi connectivity index (χ0) is 20.2. The fourth-order valence-corrected chi connectivity index (χ4v) is 3.39. The van der Waals surface area contributed by atoms with Crippen LogP contribution in [-0.4, -0.2) is 41.5 Å². The summed E-state index contributed by atoms with van der Waals surface area (Å²) < 4.78 is 10.8. The number of pyridine rings is 1. The smallest absolute Gasteiger partial charge is 0.339 e. The molecule has 0 N–H and O–H groups in total. The van der Waals surface area contributed by atoms with Gasteiger partial charge in [-0.2, -0.15) is 0 Å². The molecule has 1 saturated carbocycles. The van der Waals surface area contributed by atoms with Gasteiger partial charge in [0.25, 0.3) is 5.91 Å². The maximum atomic E-state index is 12.8. The first-order valence-corrected chi connectivity index (χ1v) is 10.0. The van der Waals surface area contributed by atoms with Crippen LogP contribution in [0, 0.1) is 5.92 Å². The van der Waals surface area contributed by atoms with Crippen molar-refractivity contribution in [2.45, 2.75) is 26.2 Å².